The summed E-state index contributed by atoms with van der Waals surface area (Å²) in [6.45, 7) is 4.39. The van der Waals surface area contributed by atoms with Crippen LogP contribution in [0.5, 0.6) is 0 Å². The number of anilines is 2. The molecule has 2 aliphatic rings. The summed E-state index contributed by atoms with van der Waals surface area (Å²) in [6.07, 6.45) is 0.152. The third-order valence-corrected chi connectivity index (χ3v) is 5.52. The second-order valence-corrected chi connectivity index (χ2v) is 7.68. The van der Waals surface area contributed by atoms with Gasteiger partial charge in [-0.25, -0.2) is 0 Å². The fourth-order valence-corrected chi connectivity index (χ4v) is 3.88. The maximum Gasteiger partial charge on any atom is 0.256 e. The average Bonchev–Trinajstić information content (AvgIpc) is 3.16. The van der Waals surface area contributed by atoms with E-state index in [9.17, 15) is 14.4 Å². The van der Waals surface area contributed by atoms with Crippen molar-refractivity contribution in [1.29, 1.82) is 0 Å². The largest absolute Gasteiger partial charge is 0.378 e. The smallest absolute Gasteiger partial charge is 0.256 e. The lowest BCUT2D eigenvalue weighted by molar-refractivity contribution is -0.122. The van der Waals surface area contributed by atoms with E-state index < -0.39 is 5.92 Å². The van der Waals surface area contributed by atoms with Crippen molar-refractivity contribution in [2.24, 2.45) is 5.92 Å². The highest BCUT2D eigenvalue weighted by Gasteiger charge is 2.35. The number of rotatable bonds is 4. The Bertz CT molecular complexity index is 968. The molecule has 2 saturated heterocycles. The van der Waals surface area contributed by atoms with Gasteiger partial charge in [0, 0.05) is 31.7 Å². The van der Waals surface area contributed by atoms with E-state index in [1.165, 1.54) is 0 Å². The molecule has 0 saturated carbocycles. The number of para-hydroxylation sites is 1. The minimum Gasteiger partial charge on any atom is -0.378 e. The molecular formula is C23H25N3O4. The maximum absolute atomic E-state index is 12.9. The first-order chi connectivity index (χ1) is 14.5. The first kappa shape index (κ1) is 20.1. The number of benzene rings is 2. The fourth-order valence-electron chi connectivity index (χ4n) is 3.88. The molecule has 0 aliphatic carbocycles. The summed E-state index contributed by atoms with van der Waals surface area (Å²) >= 11 is 0. The summed E-state index contributed by atoms with van der Waals surface area (Å²) in [4.78, 5) is 41.7. The van der Waals surface area contributed by atoms with Crippen molar-refractivity contribution in [3.63, 3.8) is 0 Å². The van der Waals surface area contributed by atoms with E-state index in [-0.39, 0.29) is 24.1 Å². The number of aryl methyl sites for hydroxylation is 1. The molecule has 0 aromatic heterocycles. The van der Waals surface area contributed by atoms with Crippen LogP contribution < -0.4 is 10.2 Å². The molecule has 7 nitrogen and oxygen atoms in total. The summed E-state index contributed by atoms with van der Waals surface area (Å²) in [5.74, 6) is -0.915. The van der Waals surface area contributed by atoms with Crippen LogP contribution in [0.15, 0.2) is 48.5 Å². The Kier molecular flexibility index (Phi) is 5.81. The van der Waals surface area contributed by atoms with E-state index in [1.54, 1.807) is 34.1 Å². The van der Waals surface area contributed by atoms with Crippen molar-refractivity contribution >= 4 is 29.1 Å². The van der Waals surface area contributed by atoms with Gasteiger partial charge in [-0.05, 0) is 36.8 Å². The molecule has 1 N–H and O–H groups in total. The molecule has 1 atom stereocenters. The van der Waals surface area contributed by atoms with E-state index in [1.807, 2.05) is 31.2 Å². The number of morpholine rings is 1. The van der Waals surface area contributed by atoms with Gasteiger partial charge < -0.3 is 19.9 Å². The molecule has 2 heterocycles. The highest BCUT2D eigenvalue weighted by atomic mass is 16.5. The summed E-state index contributed by atoms with van der Waals surface area (Å²) < 4.78 is 5.31. The van der Waals surface area contributed by atoms with Gasteiger partial charge in [0.1, 0.15) is 0 Å². The van der Waals surface area contributed by atoms with E-state index in [4.69, 9.17) is 4.74 Å². The number of nitrogens with zero attached hydrogens (tertiary/aromatic N) is 2. The Morgan fingerprint density at radius 3 is 2.60 bits per heavy atom. The van der Waals surface area contributed by atoms with Crippen molar-refractivity contribution in [2.75, 3.05) is 43.1 Å². The van der Waals surface area contributed by atoms with E-state index in [2.05, 4.69) is 5.32 Å². The number of hydrogen-bond donors (Lipinski definition) is 1. The van der Waals surface area contributed by atoms with E-state index in [0.717, 1.165) is 11.3 Å². The third-order valence-electron chi connectivity index (χ3n) is 5.52. The molecule has 156 valence electrons. The number of carbonyl (C=O) groups is 3. The van der Waals surface area contributed by atoms with Crippen LogP contribution in [0, 0.1) is 12.8 Å². The molecular weight excluding hydrogens is 382 g/mol. The Labute approximate surface area is 175 Å². The predicted molar refractivity (Wildman–Crippen MR) is 113 cm³/mol. The Hall–Kier alpha value is -3.19. The third kappa shape index (κ3) is 4.21. The number of hydrogen-bond acceptors (Lipinski definition) is 4. The van der Waals surface area contributed by atoms with Gasteiger partial charge in [-0.3, -0.25) is 14.4 Å². The number of ether oxygens (including phenoxy) is 1. The Morgan fingerprint density at radius 1 is 1.07 bits per heavy atom. The lowest BCUT2D eigenvalue weighted by atomic mass is 10.1. The van der Waals surface area contributed by atoms with Crippen LogP contribution in [-0.4, -0.2) is 55.5 Å². The quantitative estimate of drug-likeness (QED) is 0.845. The van der Waals surface area contributed by atoms with E-state index >= 15 is 0 Å². The minimum absolute atomic E-state index is 0.0709. The zero-order valence-electron chi connectivity index (χ0n) is 17.0. The maximum atomic E-state index is 12.9. The van der Waals surface area contributed by atoms with Crippen LogP contribution in [0.4, 0.5) is 11.4 Å². The van der Waals surface area contributed by atoms with Gasteiger partial charge >= 0.3 is 0 Å². The molecule has 2 aliphatic heterocycles. The van der Waals surface area contributed by atoms with Crippen LogP contribution in [0.2, 0.25) is 0 Å². The minimum atomic E-state index is -0.468. The lowest BCUT2D eigenvalue weighted by Gasteiger charge is -2.27. The molecule has 30 heavy (non-hydrogen) atoms. The van der Waals surface area contributed by atoms with Gasteiger partial charge in [0.2, 0.25) is 11.8 Å². The normalized spacial score (nSPS) is 19.1. The van der Waals surface area contributed by atoms with Crippen molar-refractivity contribution < 1.29 is 19.1 Å². The molecule has 2 aromatic carbocycles. The van der Waals surface area contributed by atoms with Crippen molar-refractivity contribution in [3.8, 4) is 0 Å². The lowest BCUT2D eigenvalue weighted by Crippen LogP contribution is -2.41. The van der Waals surface area contributed by atoms with Crippen molar-refractivity contribution in [3.05, 3.63) is 59.7 Å². The first-order valence-electron chi connectivity index (χ1n) is 10.2. The molecule has 2 fully saturated rings. The molecule has 0 spiro atoms. The van der Waals surface area contributed by atoms with Crippen molar-refractivity contribution in [1.82, 2.24) is 4.90 Å². The van der Waals surface area contributed by atoms with Crippen LogP contribution in [-0.2, 0) is 14.3 Å². The second-order valence-electron chi connectivity index (χ2n) is 7.68. The molecule has 3 amide bonds. The zero-order chi connectivity index (χ0) is 21.1. The second kappa shape index (κ2) is 8.67. The van der Waals surface area contributed by atoms with Crippen molar-refractivity contribution in [2.45, 2.75) is 13.3 Å². The van der Waals surface area contributed by atoms with Gasteiger partial charge in [-0.15, -0.1) is 0 Å². The highest BCUT2D eigenvalue weighted by Crippen LogP contribution is 2.27. The van der Waals surface area contributed by atoms with Crippen LogP contribution in [0.25, 0.3) is 0 Å². The molecule has 4 rings (SSSR count). The van der Waals surface area contributed by atoms with Gasteiger partial charge in [0.15, 0.2) is 0 Å². The zero-order valence-corrected chi connectivity index (χ0v) is 17.0. The fraction of sp³-hybridized carbons (Fsp3) is 0.348. The van der Waals surface area contributed by atoms with Crippen LogP contribution >= 0.6 is 0 Å². The first-order valence-corrected chi connectivity index (χ1v) is 10.2. The van der Waals surface area contributed by atoms with E-state index in [0.29, 0.717) is 44.1 Å². The summed E-state index contributed by atoms with van der Waals surface area (Å²) in [6, 6.07) is 14.7. The van der Waals surface area contributed by atoms with Crippen LogP contribution in [0.3, 0.4) is 0 Å². The highest BCUT2D eigenvalue weighted by molar-refractivity contribution is 6.07. The standard InChI is InChI=1S/C23H25N3O4/c1-16-5-4-6-18(13-16)26-15-17(14-21(26)27)22(28)24-20-8-3-2-7-19(20)23(29)25-9-11-30-12-10-25/h2-8,13,17H,9-12,14-15H2,1H3,(H,24,28). The Morgan fingerprint density at radius 2 is 1.83 bits per heavy atom. The molecule has 0 bridgehead atoms. The average molecular weight is 407 g/mol. The van der Waals surface area contributed by atoms with Gasteiger partial charge in [0.25, 0.3) is 5.91 Å². The SMILES string of the molecule is Cc1cccc(N2CC(C(=O)Nc3ccccc3C(=O)N3CCOCC3)CC2=O)c1. The molecule has 7 heteroatoms. The Balaban J connectivity index is 1.47. The summed E-state index contributed by atoms with van der Waals surface area (Å²) in [5, 5.41) is 2.88. The number of nitrogens with one attached hydrogen (secondary N) is 1. The molecule has 2 aromatic rings. The number of amides is 3. The summed E-state index contributed by atoms with van der Waals surface area (Å²) in [5.41, 5.74) is 2.79. The van der Waals surface area contributed by atoms with Gasteiger partial charge in [-0.1, -0.05) is 24.3 Å². The van der Waals surface area contributed by atoms with Crippen LogP contribution in [0.1, 0.15) is 22.3 Å². The predicted octanol–water partition coefficient (Wildman–Crippen LogP) is 2.46. The summed E-state index contributed by atoms with van der Waals surface area (Å²) in [7, 11) is 0. The number of carbonyl (C=O) groups excluding carboxylic acids is 3. The van der Waals surface area contributed by atoms with Gasteiger partial charge in [-0.2, -0.15) is 0 Å². The molecule has 0 radical (unpaired) electrons. The monoisotopic (exact) mass is 407 g/mol. The van der Waals surface area contributed by atoms with Gasteiger partial charge in [0.05, 0.1) is 30.4 Å². The molecule has 1 unspecified atom stereocenters. The topological polar surface area (TPSA) is 79.0 Å².